The molecule has 0 bridgehead atoms. The smallest absolute Gasteiger partial charge is 0.271 e. The number of hydrogen-bond acceptors (Lipinski definition) is 7. The summed E-state index contributed by atoms with van der Waals surface area (Å²) in [5.74, 6) is 1.75. The van der Waals surface area contributed by atoms with E-state index in [0.717, 1.165) is 11.3 Å². The summed E-state index contributed by atoms with van der Waals surface area (Å²) in [4.78, 5) is 20.6. The first-order chi connectivity index (χ1) is 11.4. The highest BCUT2D eigenvalue weighted by atomic mass is 16.1. The molecule has 1 amide bonds. The topological polar surface area (TPSA) is 105 Å². The molecule has 2 aromatic rings. The Bertz CT molecular complexity index is 744. The minimum absolute atomic E-state index is 0. The first kappa shape index (κ1) is 17.7. The number of aromatic nitrogens is 4. The van der Waals surface area contributed by atoms with Gasteiger partial charge in [0, 0.05) is 23.9 Å². The van der Waals surface area contributed by atoms with Crippen LogP contribution < -0.4 is 16.0 Å². The molecule has 134 valence electrons. The standard InChI is InChI=1S/C16H23N7O.3H2/c1-9(2)12-7-14(22-23-15(12)16(24)18-5)21-13-6-11(8-17-4)19-10(3)20-13;;;/h6-7,9,17H,8H2,1-5H3,(H,18,24)(H,19,20,21,22);3*1H. The third-order valence-electron chi connectivity index (χ3n) is 3.39. The van der Waals surface area contributed by atoms with E-state index in [4.69, 9.17) is 0 Å². The van der Waals surface area contributed by atoms with E-state index in [0.29, 0.717) is 29.7 Å². The predicted octanol–water partition coefficient (Wildman–Crippen LogP) is 2.26. The maximum Gasteiger partial charge on any atom is 0.271 e. The molecule has 0 fully saturated rings. The van der Waals surface area contributed by atoms with Crippen molar-refractivity contribution in [2.24, 2.45) is 0 Å². The molecular weight excluding hydrogens is 306 g/mol. The minimum atomic E-state index is -0.244. The van der Waals surface area contributed by atoms with E-state index in [1.807, 2.05) is 40.0 Å². The van der Waals surface area contributed by atoms with Crippen molar-refractivity contribution in [1.82, 2.24) is 30.8 Å². The largest absolute Gasteiger partial charge is 0.354 e. The lowest BCUT2D eigenvalue weighted by atomic mass is 10.0. The Morgan fingerprint density at radius 1 is 1.17 bits per heavy atom. The van der Waals surface area contributed by atoms with E-state index in [1.165, 1.54) is 0 Å². The molecule has 0 spiro atoms. The number of amides is 1. The third kappa shape index (κ3) is 4.23. The average Bonchev–Trinajstić information content (AvgIpc) is 2.53. The van der Waals surface area contributed by atoms with Gasteiger partial charge in [-0.15, -0.1) is 10.2 Å². The first-order valence-electron chi connectivity index (χ1n) is 7.80. The molecule has 0 aromatic carbocycles. The van der Waals surface area contributed by atoms with E-state index >= 15 is 0 Å². The number of rotatable bonds is 6. The van der Waals surface area contributed by atoms with E-state index in [2.05, 4.69) is 36.1 Å². The van der Waals surface area contributed by atoms with Gasteiger partial charge in [0.15, 0.2) is 11.5 Å². The third-order valence-corrected chi connectivity index (χ3v) is 3.39. The van der Waals surface area contributed by atoms with Crippen LogP contribution in [0.25, 0.3) is 0 Å². The van der Waals surface area contributed by atoms with Crippen molar-refractivity contribution in [3.63, 3.8) is 0 Å². The maximum absolute atomic E-state index is 11.9. The summed E-state index contributed by atoms with van der Waals surface area (Å²) >= 11 is 0. The quantitative estimate of drug-likeness (QED) is 0.743. The Morgan fingerprint density at radius 2 is 1.92 bits per heavy atom. The predicted molar refractivity (Wildman–Crippen MR) is 98.7 cm³/mol. The highest BCUT2D eigenvalue weighted by molar-refractivity contribution is 5.93. The van der Waals surface area contributed by atoms with Crippen molar-refractivity contribution in [3.8, 4) is 0 Å². The van der Waals surface area contributed by atoms with E-state index in [1.54, 1.807) is 7.05 Å². The highest BCUT2D eigenvalue weighted by Gasteiger charge is 2.16. The van der Waals surface area contributed by atoms with Crippen LogP contribution in [0.5, 0.6) is 0 Å². The minimum Gasteiger partial charge on any atom is -0.354 e. The fourth-order valence-corrected chi connectivity index (χ4v) is 2.30. The van der Waals surface area contributed by atoms with Gasteiger partial charge in [-0.05, 0) is 31.5 Å². The summed E-state index contributed by atoms with van der Waals surface area (Å²) in [5.41, 5.74) is 2.05. The molecule has 0 unspecified atom stereocenters. The van der Waals surface area contributed by atoms with Crippen molar-refractivity contribution >= 4 is 17.5 Å². The zero-order valence-electron chi connectivity index (χ0n) is 14.6. The molecule has 8 nitrogen and oxygen atoms in total. The Morgan fingerprint density at radius 3 is 2.54 bits per heavy atom. The number of nitrogens with zero attached hydrogens (tertiary/aromatic N) is 4. The van der Waals surface area contributed by atoms with Crippen LogP contribution in [0, 0.1) is 6.92 Å². The van der Waals surface area contributed by atoms with Crippen LogP contribution in [0.4, 0.5) is 11.6 Å². The molecule has 2 aromatic heterocycles. The summed E-state index contributed by atoms with van der Waals surface area (Å²) in [6, 6.07) is 3.68. The van der Waals surface area contributed by atoms with E-state index in [-0.39, 0.29) is 16.1 Å². The molecule has 3 N–H and O–H groups in total. The zero-order valence-corrected chi connectivity index (χ0v) is 14.6. The molecule has 0 aliphatic heterocycles. The van der Waals surface area contributed by atoms with Crippen LogP contribution in [0.2, 0.25) is 0 Å². The Labute approximate surface area is 146 Å². The lowest BCUT2D eigenvalue weighted by Gasteiger charge is -2.13. The molecular formula is C16H29N7O. The summed E-state index contributed by atoms with van der Waals surface area (Å²) in [6.45, 7) is 6.50. The second kappa shape index (κ2) is 7.78. The molecule has 2 rings (SSSR count). The number of carbonyl (C=O) groups is 1. The Balaban J connectivity index is 0. The van der Waals surface area contributed by atoms with Crippen LogP contribution in [0.15, 0.2) is 12.1 Å². The Hall–Kier alpha value is -2.61. The van der Waals surface area contributed by atoms with Crippen molar-refractivity contribution in [1.29, 1.82) is 0 Å². The van der Waals surface area contributed by atoms with Crippen LogP contribution in [-0.2, 0) is 6.54 Å². The Kier molecular flexibility index (Phi) is 5.75. The van der Waals surface area contributed by atoms with Gasteiger partial charge < -0.3 is 16.0 Å². The molecule has 0 saturated carbocycles. The van der Waals surface area contributed by atoms with Gasteiger partial charge in [-0.3, -0.25) is 4.79 Å². The van der Waals surface area contributed by atoms with Crippen LogP contribution in [0.3, 0.4) is 0 Å². The summed E-state index contributed by atoms with van der Waals surface area (Å²) in [5, 5.41) is 16.9. The van der Waals surface area contributed by atoms with Gasteiger partial charge in [-0.1, -0.05) is 13.8 Å². The monoisotopic (exact) mass is 335 g/mol. The van der Waals surface area contributed by atoms with Gasteiger partial charge in [0.1, 0.15) is 11.6 Å². The molecule has 0 aliphatic rings. The molecule has 2 heterocycles. The molecule has 0 radical (unpaired) electrons. The SMILES string of the molecule is CNCc1cc(Nc2cc(C(C)C)c(C(=O)NC)nn2)nc(C)n1.[HH].[HH].[HH]. The summed E-state index contributed by atoms with van der Waals surface area (Å²) in [7, 11) is 3.44. The van der Waals surface area contributed by atoms with Crippen LogP contribution in [-0.4, -0.2) is 40.2 Å². The first-order valence-corrected chi connectivity index (χ1v) is 7.80. The maximum atomic E-state index is 11.9. The van der Waals surface area contributed by atoms with Crippen molar-refractivity contribution in [2.45, 2.75) is 33.2 Å². The van der Waals surface area contributed by atoms with E-state index < -0.39 is 0 Å². The van der Waals surface area contributed by atoms with Crippen LogP contribution >= 0.6 is 0 Å². The van der Waals surface area contributed by atoms with Crippen molar-refractivity contribution in [3.05, 3.63) is 34.9 Å². The second-order valence-electron chi connectivity index (χ2n) is 5.71. The zero-order chi connectivity index (χ0) is 17.7. The molecule has 0 saturated heterocycles. The summed E-state index contributed by atoms with van der Waals surface area (Å²) in [6.07, 6.45) is 0. The molecule has 0 aliphatic carbocycles. The average molecular weight is 335 g/mol. The fourth-order valence-electron chi connectivity index (χ4n) is 2.30. The number of nitrogens with one attached hydrogen (secondary N) is 3. The molecule has 24 heavy (non-hydrogen) atoms. The van der Waals surface area contributed by atoms with Gasteiger partial charge in [0.2, 0.25) is 0 Å². The molecule has 0 atom stereocenters. The fraction of sp³-hybridized carbons (Fsp3) is 0.438. The van der Waals surface area contributed by atoms with Gasteiger partial charge in [0.05, 0.1) is 5.69 Å². The van der Waals surface area contributed by atoms with Gasteiger partial charge in [-0.25, -0.2) is 9.97 Å². The van der Waals surface area contributed by atoms with Crippen LogP contribution in [0.1, 0.15) is 51.6 Å². The summed E-state index contributed by atoms with van der Waals surface area (Å²) < 4.78 is 0. The lowest BCUT2D eigenvalue weighted by Crippen LogP contribution is -2.22. The van der Waals surface area contributed by atoms with E-state index in [9.17, 15) is 4.79 Å². The second-order valence-corrected chi connectivity index (χ2v) is 5.71. The number of aryl methyl sites for hydroxylation is 1. The number of anilines is 2. The lowest BCUT2D eigenvalue weighted by molar-refractivity contribution is 0.0955. The molecule has 8 heteroatoms. The highest BCUT2D eigenvalue weighted by Crippen LogP contribution is 2.22. The van der Waals surface area contributed by atoms with Gasteiger partial charge in [0.25, 0.3) is 5.91 Å². The van der Waals surface area contributed by atoms with Gasteiger partial charge in [-0.2, -0.15) is 0 Å². The normalized spacial score (nSPS) is 10.8. The van der Waals surface area contributed by atoms with Crippen molar-refractivity contribution in [2.75, 3.05) is 19.4 Å². The number of carbonyl (C=O) groups excluding carboxylic acids is 1. The van der Waals surface area contributed by atoms with Gasteiger partial charge >= 0.3 is 0 Å². The van der Waals surface area contributed by atoms with Crippen molar-refractivity contribution < 1.29 is 9.07 Å². The number of hydrogen-bond donors (Lipinski definition) is 3.